The van der Waals surface area contributed by atoms with Crippen LogP contribution in [0, 0.1) is 0 Å². The molecule has 0 spiro atoms. The lowest BCUT2D eigenvalue weighted by molar-refractivity contribution is -0.146. The summed E-state index contributed by atoms with van der Waals surface area (Å²) < 4.78 is 12.2. The molecule has 1 amide bonds. The summed E-state index contributed by atoms with van der Waals surface area (Å²) in [6.07, 6.45) is 0. The average molecular weight is 389 g/mol. The van der Waals surface area contributed by atoms with Crippen LogP contribution in [0.5, 0.6) is 5.75 Å². The lowest BCUT2D eigenvalue weighted by Gasteiger charge is -2.31. The van der Waals surface area contributed by atoms with Gasteiger partial charge in [0.15, 0.2) is 0 Å². The molecule has 0 N–H and O–H groups in total. The van der Waals surface area contributed by atoms with E-state index in [-0.39, 0.29) is 5.91 Å². The van der Waals surface area contributed by atoms with Crippen LogP contribution < -0.4 is 4.74 Å². The van der Waals surface area contributed by atoms with E-state index < -0.39 is 5.72 Å². The van der Waals surface area contributed by atoms with Gasteiger partial charge < -0.3 is 9.47 Å². The standard InChI is InChI=1S/C18H17BrN2O3/c1-12(22)21-18(2,14-7-9-16(23-3)10-8-14)24-17(20-21)13-5-4-6-15(19)11-13/h4-11H,1-3H3. The van der Waals surface area contributed by atoms with Gasteiger partial charge in [-0.1, -0.05) is 22.0 Å². The molecule has 1 atom stereocenters. The van der Waals surface area contributed by atoms with Gasteiger partial charge in [-0.25, -0.2) is 0 Å². The van der Waals surface area contributed by atoms with Crippen LogP contribution in [0.1, 0.15) is 25.0 Å². The Morgan fingerprint density at radius 2 is 1.96 bits per heavy atom. The third-order valence-corrected chi connectivity index (χ3v) is 4.38. The minimum absolute atomic E-state index is 0.196. The number of ether oxygens (including phenoxy) is 2. The third kappa shape index (κ3) is 2.89. The zero-order valence-electron chi connectivity index (χ0n) is 13.6. The van der Waals surface area contributed by atoms with Crippen LogP contribution in [-0.2, 0) is 15.3 Å². The maximum Gasteiger partial charge on any atom is 0.243 e. The number of amides is 1. The highest BCUT2D eigenvalue weighted by atomic mass is 79.9. The molecule has 6 heteroatoms. The van der Waals surface area contributed by atoms with Crippen molar-refractivity contribution in [3.05, 3.63) is 64.1 Å². The monoisotopic (exact) mass is 388 g/mol. The van der Waals surface area contributed by atoms with Crippen LogP contribution in [-0.4, -0.2) is 23.9 Å². The summed E-state index contributed by atoms with van der Waals surface area (Å²) >= 11 is 3.44. The normalized spacial score (nSPS) is 19.7. The molecular weight excluding hydrogens is 372 g/mol. The van der Waals surface area contributed by atoms with Gasteiger partial charge >= 0.3 is 0 Å². The minimum Gasteiger partial charge on any atom is -0.497 e. The number of hydrazone groups is 1. The van der Waals surface area contributed by atoms with Gasteiger partial charge in [0.1, 0.15) is 5.75 Å². The van der Waals surface area contributed by atoms with Crippen molar-refractivity contribution in [1.82, 2.24) is 5.01 Å². The Morgan fingerprint density at radius 1 is 1.25 bits per heavy atom. The van der Waals surface area contributed by atoms with Gasteiger partial charge in [-0.15, -0.1) is 5.10 Å². The first kappa shape index (κ1) is 16.5. The molecule has 0 fully saturated rings. The number of halogens is 1. The van der Waals surface area contributed by atoms with Gasteiger partial charge in [0.2, 0.25) is 17.5 Å². The largest absolute Gasteiger partial charge is 0.497 e. The molecule has 0 bridgehead atoms. The summed E-state index contributed by atoms with van der Waals surface area (Å²) in [7, 11) is 1.61. The number of rotatable bonds is 3. The number of hydrogen-bond acceptors (Lipinski definition) is 4. The Labute approximate surface area is 149 Å². The molecule has 1 unspecified atom stereocenters. The minimum atomic E-state index is -1.00. The molecule has 1 heterocycles. The average Bonchev–Trinajstić information content (AvgIpc) is 2.94. The van der Waals surface area contributed by atoms with E-state index in [4.69, 9.17) is 9.47 Å². The Kier molecular flexibility index (Phi) is 4.32. The van der Waals surface area contributed by atoms with Crippen molar-refractivity contribution in [3.63, 3.8) is 0 Å². The lowest BCUT2D eigenvalue weighted by Crippen LogP contribution is -2.41. The molecule has 24 heavy (non-hydrogen) atoms. The molecule has 0 radical (unpaired) electrons. The predicted octanol–water partition coefficient (Wildman–Crippen LogP) is 3.87. The Hall–Kier alpha value is -2.34. The van der Waals surface area contributed by atoms with E-state index in [0.717, 1.165) is 21.3 Å². The van der Waals surface area contributed by atoms with Crippen LogP contribution in [0.25, 0.3) is 0 Å². The first-order valence-corrected chi connectivity index (χ1v) is 8.22. The second-order valence-corrected chi connectivity index (χ2v) is 6.48. The molecule has 0 aromatic heterocycles. The molecule has 0 aliphatic carbocycles. The maximum atomic E-state index is 12.1. The molecule has 2 aromatic carbocycles. The van der Waals surface area contributed by atoms with Crippen molar-refractivity contribution in [1.29, 1.82) is 0 Å². The molecule has 5 nitrogen and oxygen atoms in total. The van der Waals surface area contributed by atoms with Gasteiger partial charge in [-0.3, -0.25) is 4.79 Å². The molecule has 0 saturated carbocycles. The Bertz CT molecular complexity index is 804. The highest BCUT2D eigenvalue weighted by molar-refractivity contribution is 9.10. The summed E-state index contributed by atoms with van der Waals surface area (Å²) in [5.74, 6) is 0.950. The van der Waals surface area contributed by atoms with E-state index in [1.807, 2.05) is 55.5 Å². The number of carbonyl (C=O) groups excluding carboxylic acids is 1. The lowest BCUT2D eigenvalue weighted by atomic mass is 10.0. The molecule has 3 rings (SSSR count). The van der Waals surface area contributed by atoms with Crippen molar-refractivity contribution >= 4 is 27.7 Å². The summed E-state index contributed by atoms with van der Waals surface area (Å²) in [6.45, 7) is 3.29. The fourth-order valence-corrected chi connectivity index (χ4v) is 3.03. The quantitative estimate of drug-likeness (QED) is 0.801. The molecule has 124 valence electrons. The molecule has 0 saturated heterocycles. The topological polar surface area (TPSA) is 51.1 Å². The molecule has 2 aromatic rings. The summed E-state index contributed by atoms with van der Waals surface area (Å²) in [5.41, 5.74) is 0.607. The van der Waals surface area contributed by atoms with Crippen molar-refractivity contribution in [3.8, 4) is 5.75 Å². The van der Waals surface area contributed by atoms with Crippen LogP contribution in [0.15, 0.2) is 58.1 Å². The van der Waals surface area contributed by atoms with E-state index in [1.54, 1.807) is 7.11 Å². The number of methoxy groups -OCH3 is 1. The summed E-state index contributed by atoms with van der Waals surface area (Å²) in [5, 5.41) is 5.76. The van der Waals surface area contributed by atoms with Crippen molar-refractivity contribution in [2.75, 3.05) is 7.11 Å². The van der Waals surface area contributed by atoms with Gasteiger partial charge in [-0.05, 0) is 42.5 Å². The van der Waals surface area contributed by atoms with Crippen LogP contribution in [0.3, 0.4) is 0 Å². The van der Waals surface area contributed by atoms with E-state index in [9.17, 15) is 4.79 Å². The van der Waals surface area contributed by atoms with E-state index in [0.29, 0.717) is 5.90 Å². The third-order valence-electron chi connectivity index (χ3n) is 3.89. The zero-order chi connectivity index (χ0) is 17.3. The van der Waals surface area contributed by atoms with E-state index >= 15 is 0 Å². The molecule has 1 aliphatic heterocycles. The summed E-state index contributed by atoms with van der Waals surface area (Å²) in [6, 6.07) is 15.0. The van der Waals surface area contributed by atoms with Crippen molar-refractivity contribution < 1.29 is 14.3 Å². The van der Waals surface area contributed by atoms with E-state index in [1.165, 1.54) is 11.9 Å². The second-order valence-electron chi connectivity index (χ2n) is 5.56. The molecule has 1 aliphatic rings. The number of carbonyl (C=O) groups is 1. The number of nitrogens with zero attached hydrogens (tertiary/aromatic N) is 2. The SMILES string of the molecule is COc1ccc(C2(C)OC(c3cccc(Br)c3)=NN2C(C)=O)cc1. The van der Waals surface area contributed by atoms with Gasteiger partial charge in [0.05, 0.1) is 7.11 Å². The first-order valence-electron chi connectivity index (χ1n) is 7.43. The highest BCUT2D eigenvalue weighted by Crippen LogP contribution is 2.37. The maximum absolute atomic E-state index is 12.1. The first-order chi connectivity index (χ1) is 11.4. The highest BCUT2D eigenvalue weighted by Gasteiger charge is 2.44. The second kappa shape index (κ2) is 6.28. The summed E-state index contributed by atoms with van der Waals surface area (Å²) in [4.78, 5) is 12.1. The number of hydrogen-bond donors (Lipinski definition) is 0. The fourth-order valence-electron chi connectivity index (χ4n) is 2.63. The Morgan fingerprint density at radius 3 is 2.54 bits per heavy atom. The Balaban J connectivity index is 2.00. The zero-order valence-corrected chi connectivity index (χ0v) is 15.2. The van der Waals surface area contributed by atoms with Crippen LogP contribution in [0.4, 0.5) is 0 Å². The molecular formula is C18H17BrN2O3. The van der Waals surface area contributed by atoms with Crippen LogP contribution >= 0.6 is 15.9 Å². The van der Waals surface area contributed by atoms with Crippen LogP contribution in [0.2, 0.25) is 0 Å². The fraction of sp³-hybridized carbons (Fsp3) is 0.222. The number of benzene rings is 2. The predicted molar refractivity (Wildman–Crippen MR) is 94.6 cm³/mol. The van der Waals surface area contributed by atoms with Gasteiger partial charge in [-0.2, -0.15) is 5.01 Å². The van der Waals surface area contributed by atoms with Gasteiger partial charge in [0.25, 0.3) is 0 Å². The van der Waals surface area contributed by atoms with E-state index in [2.05, 4.69) is 21.0 Å². The van der Waals surface area contributed by atoms with Crippen molar-refractivity contribution in [2.45, 2.75) is 19.6 Å². The smallest absolute Gasteiger partial charge is 0.243 e. The van der Waals surface area contributed by atoms with Gasteiger partial charge in [0, 0.05) is 29.4 Å². The van der Waals surface area contributed by atoms with Crippen molar-refractivity contribution in [2.24, 2.45) is 5.10 Å².